The molecule has 0 atom stereocenters. The molecule has 0 amide bonds. The molecule has 0 heterocycles. The SMILES string of the molecule is CCCCOc1c(Cl)c(Cl)c(OCCCC)c2ccccc12. The van der Waals surface area contributed by atoms with Crippen molar-refractivity contribution in [1.29, 1.82) is 0 Å². The molecule has 2 aromatic rings. The summed E-state index contributed by atoms with van der Waals surface area (Å²) in [5.74, 6) is 1.30. The Morgan fingerprint density at radius 1 is 0.773 bits per heavy atom. The molecule has 2 aromatic carbocycles. The van der Waals surface area contributed by atoms with Crippen LogP contribution in [0.1, 0.15) is 39.5 Å². The van der Waals surface area contributed by atoms with Crippen LogP contribution in [0.3, 0.4) is 0 Å². The van der Waals surface area contributed by atoms with E-state index in [0.717, 1.165) is 36.5 Å². The Labute approximate surface area is 142 Å². The standard InChI is InChI=1S/C18H22Cl2O2/c1-3-5-11-21-17-13-9-7-8-10-14(13)18(16(20)15(17)19)22-12-6-4-2/h7-10H,3-6,11-12H2,1-2H3. The Balaban J connectivity index is 2.44. The third-order valence-corrected chi connectivity index (χ3v) is 4.31. The van der Waals surface area contributed by atoms with E-state index in [0.29, 0.717) is 34.8 Å². The number of halogens is 2. The van der Waals surface area contributed by atoms with Gasteiger partial charge in [-0.1, -0.05) is 74.2 Å². The maximum Gasteiger partial charge on any atom is 0.147 e. The fraction of sp³-hybridized carbons (Fsp3) is 0.444. The van der Waals surface area contributed by atoms with Crippen LogP contribution in [0.25, 0.3) is 10.8 Å². The molecule has 0 fully saturated rings. The summed E-state index contributed by atoms with van der Waals surface area (Å²) < 4.78 is 11.8. The first-order chi connectivity index (χ1) is 10.7. The quantitative estimate of drug-likeness (QED) is 0.510. The van der Waals surface area contributed by atoms with E-state index in [1.165, 1.54) is 0 Å². The van der Waals surface area contributed by atoms with Crippen molar-refractivity contribution in [3.05, 3.63) is 34.3 Å². The lowest BCUT2D eigenvalue weighted by molar-refractivity contribution is 0.306. The van der Waals surface area contributed by atoms with Crippen LogP contribution in [0.15, 0.2) is 24.3 Å². The van der Waals surface area contributed by atoms with E-state index in [4.69, 9.17) is 32.7 Å². The van der Waals surface area contributed by atoms with Crippen molar-refractivity contribution >= 4 is 34.0 Å². The van der Waals surface area contributed by atoms with Gasteiger partial charge in [-0.3, -0.25) is 0 Å². The zero-order valence-electron chi connectivity index (χ0n) is 13.1. The number of rotatable bonds is 8. The van der Waals surface area contributed by atoms with Crippen molar-refractivity contribution in [2.24, 2.45) is 0 Å². The molecule has 0 bridgehead atoms. The number of hydrogen-bond acceptors (Lipinski definition) is 2. The molecule has 0 aromatic heterocycles. The molecule has 0 saturated carbocycles. The molecule has 0 aliphatic heterocycles. The highest BCUT2D eigenvalue weighted by Crippen LogP contribution is 2.46. The Morgan fingerprint density at radius 2 is 1.18 bits per heavy atom. The first-order valence-electron chi connectivity index (χ1n) is 7.86. The summed E-state index contributed by atoms with van der Waals surface area (Å²) in [4.78, 5) is 0. The van der Waals surface area contributed by atoms with E-state index in [9.17, 15) is 0 Å². The largest absolute Gasteiger partial charge is 0.491 e. The van der Waals surface area contributed by atoms with Gasteiger partial charge in [0.25, 0.3) is 0 Å². The van der Waals surface area contributed by atoms with Gasteiger partial charge in [0.05, 0.1) is 13.2 Å². The molecule has 0 radical (unpaired) electrons. The minimum atomic E-state index is 0.433. The van der Waals surface area contributed by atoms with Crippen LogP contribution < -0.4 is 9.47 Å². The van der Waals surface area contributed by atoms with Crippen LogP contribution in [0.2, 0.25) is 10.0 Å². The topological polar surface area (TPSA) is 18.5 Å². The van der Waals surface area contributed by atoms with E-state index < -0.39 is 0 Å². The minimum Gasteiger partial charge on any atom is -0.491 e. The molecular formula is C18H22Cl2O2. The van der Waals surface area contributed by atoms with Gasteiger partial charge in [0, 0.05) is 10.8 Å². The van der Waals surface area contributed by atoms with E-state index in [1.807, 2.05) is 24.3 Å². The van der Waals surface area contributed by atoms with Gasteiger partial charge in [-0.05, 0) is 12.8 Å². The van der Waals surface area contributed by atoms with E-state index >= 15 is 0 Å². The summed E-state index contributed by atoms with van der Waals surface area (Å²) >= 11 is 12.9. The van der Waals surface area contributed by atoms with Gasteiger partial charge in [0.2, 0.25) is 0 Å². The highest BCUT2D eigenvalue weighted by Gasteiger charge is 2.19. The zero-order chi connectivity index (χ0) is 15.9. The number of unbranched alkanes of at least 4 members (excludes halogenated alkanes) is 2. The average molecular weight is 341 g/mol. The predicted molar refractivity (Wildman–Crippen MR) is 94.8 cm³/mol. The molecule has 120 valence electrons. The maximum absolute atomic E-state index is 6.43. The molecular weight excluding hydrogens is 319 g/mol. The van der Waals surface area contributed by atoms with Crippen molar-refractivity contribution in [3.63, 3.8) is 0 Å². The van der Waals surface area contributed by atoms with Gasteiger partial charge in [-0.15, -0.1) is 0 Å². The van der Waals surface area contributed by atoms with E-state index in [-0.39, 0.29) is 0 Å². The molecule has 4 heteroatoms. The van der Waals surface area contributed by atoms with Crippen LogP contribution in [0.4, 0.5) is 0 Å². The van der Waals surface area contributed by atoms with Gasteiger partial charge in [0.15, 0.2) is 0 Å². The lowest BCUT2D eigenvalue weighted by Gasteiger charge is -2.17. The molecule has 0 unspecified atom stereocenters. The second-order valence-electron chi connectivity index (χ2n) is 5.24. The molecule has 2 rings (SSSR count). The maximum atomic E-state index is 6.43. The Kier molecular flexibility index (Phi) is 6.66. The zero-order valence-corrected chi connectivity index (χ0v) is 14.6. The smallest absolute Gasteiger partial charge is 0.147 e. The number of hydrogen-bond donors (Lipinski definition) is 0. The second kappa shape index (κ2) is 8.50. The molecule has 22 heavy (non-hydrogen) atoms. The molecule has 2 nitrogen and oxygen atoms in total. The van der Waals surface area contributed by atoms with Gasteiger partial charge in [-0.2, -0.15) is 0 Å². The highest BCUT2D eigenvalue weighted by molar-refractivity contribution is 6.45. The van der Waals surface area contributed by atoms with Crippen molar-refractivity contribution < 1.29 is 9.47 Å². The third-order valence-electron chi connectivity index (χ3n) is 3.50. The van der Waals surface area contributed by atoms with E-state index in [1.54, 1.807) is 0 Å². The normalized spacial score (nSPS) is 10.9. The minimum absolute atomic E-state index is 0.433. The van der Waals surface area contributed by atoms with Crippen LogP contribution in [0.5, 0.6) is 11.5 Å². The first kappa shape index (κ1) is 17.2. The Morgan fingerprint density at radius 3 is 1.55 bits per heavy atom. The van der Waals surface area contributed by atoms with Gasteiger partial charge in [-0.25, -0.2) is 0 Å². The van der Waals surface area contributed by atoms with Crippen LogP contribution in [0, 0.1) is 0 Å². The molecule has 0 N–H and O–H groups in total. The van der Waals surface area contributed by atoms with Crippen molar-refractivity contribution in [1.82, 2.24) is 0 Å². The number of ether oxygens (including phenoxy) is 2. The monoisotopic (exact) mass is 340 g/mol. The van der Waals surface area contributed by atoms with Crippen molar-refractivity contribution in [2.45, 2.75) is 39.5 Å². The summed E-state index contributed by atoms with van der Waals surface area (Å²) in [5, 5.41) is 2.75. The Hall–Kier alpha value is -1.12. The molecule has 0 aliphatic carbocycles. The highest BCUT2D eigenvalue weighted by atomic mass is 35.5. The van der Waals surface area contributed by atoms with E-state index in [2.05, 4.69) is 13.8 Å². The third kappa shape index (κ3) is 3.80. The lowest BCUT2D eigenvalue weighted by atomic mass is 10.1. The van der Waals surface area contributed by atoms with Crippen LogP contribution in [-0.4, -0.2) is 13.2 Å². The van der Waals surface area contributed by atoms with Gasteiger partial charge >= 0.3 is 0 Å². The van der Waals surface area contributed by atoms with Crippen molar-refractivity contribution in [2.75, 3.05) is 13.2 Å². The van der Waals surface area contributed by atoms with Crippen LogP contribution >= 0.6 is 23.2 Å². The molecule has 0 saturated heterocycles. The lowest BCUT2D eigenvalue weighted by Crippen LogP contribution is -2.02. The van der Waals surface area contributed by atoms with Gasteiger partial charge in [0.1, 0.15) is 21.5 Å². The first-order valence-corrected chi connectivity index (χ1v) is 8.61. The summed E-state index contributed by atoms with van der Waals surface area (Å²) in [7, 11) is 0. The average Bonchev–Trinajstić information content (AvgIpc) is 2.54. The summed E-state index contributed by atoms with van der Waals surface area (Å²) in [6.07, 6.45) is 4.11. The van der Waals surface area contributed by atoms with Crippen LogP contribution in [-0.2, 0) is 0 Å². The summed E-state index contributed by atoms with van der Waals surface area (Å²) in [6.45, 7) is 5.51. The summed E-state index contributed by atoms with van der Waals surface area (Å²) in [5.41, 5.74) is 0. The number of fused-ring (bicyclic) bond motifs is 1. The summed E-state index contributed by atoms with van der Waals surface area (Å²) in [6, 6.07) is 7.92. The predicted octanol–water partition coefficient (Wildman–Crippen LogP) is 6.50. The number of benzene rings is 2. The van der Waals surface area contributed by atoms with Crippen molar-refractivity contribution in [3.8, 4) is 11.5 Å². The fourth-order valence-electron chi connectivity index (χ4n) is 2.23. The fourth-order valence-corrected chi connectivity index (χ4v) is 2.72. The van der Waals surface area contributed by atoms with Gasteiger partial charge < -0.3 is 9.47 Å². The molecule has 0 aliphatic rings. The molecule has 0 spiro atoms. The second-order valence-corrected chi connectivity index (χ2v) is 5.99. The Bertz CT molecular complexity index is 572.